The highest BCUT2D eigenvalue weighted by molar-refractivity contribution is 6.03. The van der Waals surface area contributed by atoms with Crippen molar-refractivity contribution in [1.82, 2.24) is 5.43 Å². The molecule has 0 aromatic heterocycles. The largest absolute Gasteiger partial charge is 0.507 e. The van der Waals surface area contributed by atoms with Crippen molar-refractivity contribution in [2.24, 2.45) is 5.10 Å². The van der Waals surface area contributed by atoms with Gasteiger partial charge in [-0.3, -0.25) is 4.79 Å². The number of carbonyl (C=O) groups excluding carboxylic acids is 1. The molecule has 0 spiro atoms. The lowest BCUT2D eigenvalue weighted by Gasteiger charge is -2.08. The first-order valence-electron chi connectivity index (χ1n) is 7.02. The van der Waals surface area contributed by atoms with Crippen molar-refractivity contribution in [1.29, 1.82) is 0 Å². The van der Waals surface area contributed by atoms with Crippen LogP contribution in [0.2, 0.25) is 0 Å². The van der Waals surface area contributed by atoms with E-state index in [1.165, 1.54) is 0 Å². The maximum atomic E-state index is 11.7. The summed E-state index contributed by atoms with van der Waals surface area (Å²) in [4.78, 5) is 11.7. The van der Waals surface area contributed by atoms with Crippen LogP contribution in [0.5, 0.6) is 11.5 Å². The van der Waals surface area contributed by atoms with Crippen LogP contribution in [0.25, 0.3) is 0 Å². The molecule has 0 fully saturated rings. The van der Waals surface area contributed by atoms with Gasteiger partial charge in [0.2, 0.25) is 0 Å². The fourth-order valence-corrected chi connectivity index (χ4v) is 1.88. The smallest absolute Gasteiger partial charge is 0.277 e. The summed E-state index contributed by atoms with van der Waals surface area (Å²) in [6.07, 6.45) is 0.581. The number of phenols is 1. The lowest BCUT2D eigenvalue weighted by atomic mass is 10.1. The van der Waals surface area contributed by atoms with Crippen molar-refractivity contribution in [2.45, 2.75) is 13.3 Å². The van der Waals surface area contributed by atoms with Gasteiger partial charge in [-0.25, -0.2) is 5.43 Å². The molecule has 0 heterocycles. The Morgan fingerprint density at radius 3 is 2.50 bits per heavy atom. The highest BCUT2D eigenvalue weighted by atomic mass is 16.5. The topological polar surface area (TPSA) is 70.9 Å². The van der Waals surface area contributed by atoms with Gasteiger partial charge in [0.25, 0.3) is 5.91 Å². The number of nitrogens with one attached hydrogen (secondary N) is 1. The Bertz CT molecular complexity index is 654. The molecule has 0 saturated heterocycles. The van der Waals surface area contributed by atoms with Crippen LogP contribution in [-0.2, 0) is 4.79 Å². The molecule has 0 aliphatic heterocycles. The zero-order valence-corrected chi connectivity index (χ0v) is 12.3. The monoisotopic (exact) mass is 298 g/mol. The molecule has 0 bridgehead atoms. The highest BCUT2D eigenvalue weighted by Crippen LogP contribution is 2.17. The standard InChI is InChI=1S/C17H18N2O3/c1-2-15(14-10-6-7-11-16(14)20)18-19-17(21)12-22-13-8-4-3-5-9-13/h3-11,20H,2,12H2,1H3,(H,19,21). The molecule has 2 N–H and O–H groups in total. The molecule has 114 valence electrons. The van der Waals surface area contributed by atoms with Gasteiger partial charge in [-0.05, 0) is 30.7 Å². The molecule has 22 heavy (non-hydrogen) atoms. The molecule has 0 aliphatic rings. The van der Waals surface area contributed by atoms with Crippen molar-refractivity contribution in [3.8, 4) is 11.5 Å². The molecule has 5 nitrogen and oxygen atoms in total. The van der Waals surface area contributed by atoms with E-state index in [4.69, 9.17) is 4.74 Å². The normalized spacial score (nSPS) is 11.0. The second kappa shape index (κ2) is 7.83. The Labute approximate surface area is 129 Å². The Balaban J connectivity index is 1.94. The molecular formula is C17H18N2O3. The molecule has 5 heteroatoms. The van der Waals surface area contributed by atoms with Crippen LogP contribution in [0.1, 0.15) is 18.9 Å². The highest BCUT2D eigenvalue weighted by Gasteiger charge is 2.08. The third-order valence-electron chi connectivity index (χ3n) is 2.98. The number of hydrogen-bond donors (Lipinski definition) is 2. The van der Waals surface area contributed by atoms with Gasteiger partial charge in [0.05, 0.1) is 5.71 Å². The van der Waals surface area contributed by atoms with Crippen molar-refractivity contribution in [3.05, 3.63) is 60.2 Å². The summed E-state index contributed by atoms with van der Waals surface area (Å²) in [5.41, 5.74) is 3.65. The molecular weight excluding hydrogens is 280 g/mol. The first kappa shape index (κ1) is 15.6. The summed E-state index contributed by atoms with van der Waals surface area (Å²) in [6, 6.07) is 16.0. The zero-order chi connectivity index (χ0) is 15.8. The summed E-state index contributed by atoms with van der Waals surface area (Å²) >= 11 is 0. The van der Waals surface area contributed by atoms with E-state index in [0.29, 0.717) is 23.4 Å². The number of phenolic OH excluding ortho intramolecular Hbond substituents is 1. The fraction of sp³-hybridized carbons (Fsp3) is 0.176. The number of nitrogens with zero attached hydrogens (tertiary/aromatic N) is 1. The number of rotatable bonds is 6. The predicted octanol–water partition coefficient (Wildman–Crippen LogP) is 2.70. The van der Waals surface area contributed by atoms with Crippen molar-refractivity contribution in [2.75, 3.05) is 6.61 Å². The van der Waals surface area contributed by atoms with Gasteiger partial charge in [0.1, 0.15) is 11.5 Å². The van der Waals surface area contributed by atoms with E-state index in [2.05, 4.69) is 10.5 Å². The van der Waals surface area contributed by atoms with Crippen LogP contribution in [0, 0.1) is 0 Å². The van der Waals surface area contributed by atoms with Gasteiger partial charge in [-0.1, -0.05) is 37.3 Å². The molecule has 0 aliphatic carbocycles. The number of benzene rings is 2. The maximum Gasteiger partial charge on any atom is 0.277 e. The Morgan fingerprint density at radius 1 is 1.14 bits per heavy atom. The van der Waals surface area contributed by atoms with E-state index in [9.17, 15) is 9.90 Å². The second-order valence-electron chi connectivity index (χ2n) is 4.57. The van der Waals surface area contributed by atoms with Crippen LogP contribution in [0.3, 0.4) is 0 Å². The molecule has 2 rings (SSSR count). The first-order chi connectivity index (χ1) is 10.7. The molecule has 0 atom stereocenters. The van der Waals surface area contributed by atoms with E-state index in [1.54, 1.807) is 36.4 Å². The lowest BCUT2D eigenvalue weighted by molar-refractivity contribution is -0.123. The van der Waals surface area contributed by atoms with Gasteiger partial charge in [0, 0.05) is 5.56 Å². The Hall–Kier alpha value is -2.82. The second-order valence-corrected chi connectivity index (χ2v) is 4.57. The van der Waals surface area contributed by atoms with Gasteiger partial charge in [0.15, 0.2) is 6.61 Å². The summed E-state index contributed by atoms with van der Waals surface area (Å²) < 4.78 is 5.33. The third-order valence-corrected chi connectivity index (χ3v) is 2.98. The number of para-hydroxylation sites is 2. The van der Waals surface area contributed by atoms with Crippen LogP contribution in [0.4, 0.5) is 0 Å². The van der Waals surface area contributed by atoms with Crippen molar-refractivity contribution >= 4 is 11.6 Å². The summed E-state index contributed by atoms with van der Waals surface area (Å²) in [7, 11) is 0. The van der Waals surface area contributed by atoms with Gasteiger partial charge in [-0.2, -0.15) is 5.10 Å². The van der Waals surface area contributed by atoms with E-state index in [-0.39, 0.29) is 18.3 Å². The first-order valence-corrected chi connectivity index (χ1v) is 7.02. The minimum Gasteiger partial charge on any atom is -0.507 e. The quantitative estimate of drug-likeness (QED) is 0.636. The minimum absolute atomic E-state index is 0.120. The van der Waals surface area contributed by atoms with Gasteiger partial charge >= 0.3 is 0 Å². The van der Waals surface area contributed by atoms with Crippen LogP contribution in [0.15, 0.2) is 59.7 Å². The van der Waals surface area contributed by atoms with Crippen molar-refractivity contribution in [3.63, 3.8) is 0 Å². The lowest BCUT2D eigenvalue weighted by Crippen LogP contribution is -2.26. The average molecular weight is 298 g/mol. The molecule has 0 radical (unpaired) electrons. The number of carbonyl (C=O) groups is 1. The predicted molar refractivity (Wildman–Crippen MR) is 85.0 cm³/mol. The number of amides is 1. The zero-order valence-electron chi connectivity index (χ0n) is 12.3. The molecule has 2 aromatic rings. The van der Waals surface area contributed by atoms with Gasteiger partial charge in [-0.15, -0.1) is 0 Å². The Kier molecular flexibility index (Phi) is 5.54. The van der Waals surface area contributed by atoms with Crippen LogP contribution < -0.4 is 10.2 Å². The van der Waals surface area contributed by atoms with E-state index in [0.717, 1.165) is 0 Å². The number of hydrogen-bond acceptors (Lipinski definition) is 4. The molecule has 0 unspecified atom stereocenters. The SMILES string of the molecule is CCC(=NNC(=O)COc1ccccc1)c1ccccc1O. The van der Waals surface area contributed by atoms with Crippen LogP contribution >= 0.6 is 0 Å². The summed E-state index contributed by atoms with van der Waals surface area (Å²) in [5.74, 6) is 0.404. The van der Waals surface area contributed by atoms with E-state index < -0.39 is 0 Å². The summed E-state index contributed by atoms with van der Waals surface area (Å²) in [6.45, 7) is 1.78. The minimum atomic E-state index is -0.356. The molecule has 1 amide bonds. The van der Waals surface area contributed by atoms with E-state index >= 15 is 0 Å². The fourth-order valence-electron chi connectivity index (χ4n) is 1.88. The van der Waals surface area contributed by atoms with E-state index in [1.807, 2.05) is 25.1 Å². The number of aromatic hydroxyl groups is 1. The summed E-state index contributed by atoms with van der Waals surface area (Å²) in [5, 5.41) is 13.9. The number of ether oxygens (including phenoxy) is 1. The maximum absolute atomic E-state index is 11.7. The van der Waals surface area contributed by atoms with Crippen molar-refractivity contribution < 1.29 is 14.6 Å². The molecule has 0 saturated carbocycles. The number of hydrazone groups is 1. The third kappa shape index (κ3) is 4.34. The Morgan fingerprint density at radius 2 is 1.82 bits per heavy atom. The molecule has 2 aromatic carbocycles. The van der Waals surface area contributed by atoms with Gasteiger partial charge < -0.3 is 9.84 Å². The van der Waals surface area contributed by atoms with Crippen LogP contribution in [-0.4, -0.2) is 23.3 Å². The average Bonchev–Trinajstić information content (AvgIpc) is 2.56.